The molecular formula is C13H16N4. The van der Waals surface area contributed by atoms with Gasteiger partial charge in [-0.2, -0.15) is 5.26 Å². The van der Waals surface area contributed by atoms with Gasteiger partial charge in [-0.1, -0.05) is 6.07 Å². The number of aromatic nitrogens is 2. The molecule has 17 heavy (non-hydrogen) atoms. The molecule has 1 atom stereocenters. The van der Waals surface area contributed by atoms with E-state index in [2.05, 4.69) is 16.0 Å². The summed E-state index contributed by atoms with van der Waals surface area (Å²) in [6.45, 7) is 3.47. The Bertz CT molecular complexity index is 505. The average Bonchev–Trinajstić information content (AvgIpc) is 2.70. The van der Waals surface area contributed by atoms with Crippen molar-refractivity contribution in [3.8, 4) is 6.07 Å². The summed E-state index contributed by atoms with van der Waals surface area (Å²) in [4.78, 5) is 6.64. The van der Waals surface area contributed by atoms with Gasteiger partial charge >= 0.3 is 0 Å². The molecule has 0 saturated carbocycles. The molecule has 0 bridgehead atoms. The first-order valence-electron chi connectivity index (χ1n) is 5.70. The average molecular weight is 228 g/mol. The van der Waals surface area contributed by atoms with Crippen LogP contribution in [0.4, 0.5) is 0 Å². The molecule has 0 aliphatic rings. The van der Waals surface area contributed by atoms with Crippen molar-refractivity contribution in [1.82, 2.24) is 14.3 Å². The Kier molecular flexibility index (Phi) is 3.40. The molecule has 4 nitrogen and oxygen atoms in total. The first kappa shape index (κ1) is 11.6. The van der Waals surface area contributed by atoms with Gasteiger partial charge in [0.2, 0.25) is 0 Å². The van der Waals surface area contributed by atoms with E-state index >= 15 is 0 Å². The molecule has 0 radical (unpaired) electrons. The third-order valence-corrected chi connectivity index (χ3v) is 2.65. The van der Waals surface area contributed by atoms with Gasteiger partial charge in [-0.05, 0) is 26.1 Å². The van der Waals surface area contributed by atoms with Crippen LogP contribution < -0.4 is 0 Å². The van der Waals surface area contributed by atoms with Crippen LogP contribution in [0.2, 0.25) is 0 Å². The van der Waals surface area contributed by atoms with Gasteiger partial charge < -0.3 is 4.40 Å². The number of hydrogen-bond donors (Lipinski definition) is 0. The van der Waals surface area contributed by atoms with Gasteiger partial charge in [0.25, 0.3) is 0 Å². The SMILES string of the molecule is CC(C#N)CN(C)Cc1cn2ccccc2n1. The van der Waals surface area contributed by atoms with E-state index in [1.54, 1.807) is 0 Å². The highest BCUT2D eigenvalue weighted by Crippen LogP contribution is 2.07. The molecule has 4 heteroatoms. The van der Waals surface area contributed by atoms with Crippen LogP contribution in [-0.2, 0) is 6.54 Å². The lowest BCUT2D eigenvalue weighted by molar-refractivity contribution is 0.300. The van der Waals surface area contributed by atoms with Crippen LogP contribution in [0.5, 0.6) is 0 Å². The van der Waals surface area contributed by atoms with E-state index in [0.717, 1.165) is 24.4 Å². The Morgan fingerprint density at radius 2 is 2.35 bits per heavy atom. The maximum Gasteiger partial charge on any atom is 0.137 e. The zero-order chi connectivity index (χ0) is 12.3. The summed E-state index contributed by atoms with van der Waals surface area (Å²) in [5.74, 6) is 0.0528. The van der Waals surface area contributed by atoms with Crippen molar-refractivity contribution in [2.45, 2.75) is 13.5 Å². The lowest BCUT2D eigenvalue weighted by Crippen LogP contribution is -2.23. The lowest BCUT2D eigenvalue weighted by atomic mass is 10.2. The first-order valence-corrected chi connectivity index (χ1v) is 5.70. The van der Waals surface area contributed by atoms with Crippen LogP contribution in [0.25, 0.3) is 5.65 Å². The molecular weight excluding hydrogens is 212 g/mol. The minimum atomic E-state index is 0.0528. The van der Waals surface area contributed by atoms with E-state index in [4.69, 9.17) is 5.26 Å². The quantitative estimate of drug-likeness (QED) is 0.803. The highest BCUT2D eigenvalue weighted by Gasteiger charge is 2.08. The Balaban J connectivity index is 2.06. The number of fused-ring (bicyclic) bond motifs is 1. The molecule has 0 spiro atoms. The fourth-order valence-corrected chi connectivity index (χ4v) is 1.91. The van der Waals surface area contributed by atoms with Crippen LogP contribution in [0, 0.1) is 17.2 Å². The van der Waals surface area contributed by atoms with Crippen molar-refractivity contribution < 1.29 is 0 Å². The number of rotatable bonds is 4. The van der Waals surface area contributed by atoms with Crippen molar-refractivity contribution in [3.63, 3.8) is 0 Å². The summed E-state index contributed by atoms with van der Waals surface area (Å²) in [7, 11) is 2.01. The maximum atomic E-state index is 8.77. The zero-order valence-electron chi connectivity index (χ0n) is 10.2. The molecule has 1 unspecified atom stereocenters. The zero-order valence-corrected chi connectivity index (χ0v) is 10.2. The fraction of sp³-hybridized carbons (Fsp3) is 0.385. The number of nitriles is 1. The second kappa shape index (κ2) is 4.98. The second-order valence-corrected chi connectivity index (χ2v) is 4.43. The van der Waals surface area contributed by atoms with E-state index in [1.807, 2.05) is 49.0 Å². The van der Waals surface area contributed by atoms with E-state index < -0.39 is 0 Å². The van der Waals surface area contributed by atoms with Crippen LogP contribution in [-0.4, -0.2) is 27.9 Å². The van der Waals surface area contributed by atoms with Gasteiger partial charge in [-0.25, -0.2) is 4.98 Å². The van der Waals surface area contributed by atoms with Gasteiger partial charge in [-0.15, -0.1) is 0 Å². The first-order chi connectivity index (χ1) is 8.19. The van der Waals surface area contributed by atoms with Gasteiger partial charge in [-0.3, -0.25) is 4.90 Å². The predicted molar refractivity (Wildman–Crippen MR) is 66.3 cm³/mol. The highest BCUT2D eigenvalue weighted by molar-refractivity contribution is 5.39. The molecule has 88 valence electrons. The minimum absolute atomic E-state index is 0.0528. The van der Waals surface area contributed by atoms with E-state index in [0.29, 0.717) is 0 Å². The number of imidazole rings is 1. The monoisotopic (exact) mass is 228 g/mol. The summed E-state index contributed by atoms with van der Waals surface area (Å²) >= 11 is 0. The number of hydrogen-bond acceptors (Lipinski definition) is 3. The van der Waals surface area contributed by atoms with Crippen molar-refractivity contribution in [2.75, 3.05) is 13.6 Å². The van der Waals surface area contributed by atoms with Crippen LogP contribution >= 0.6 is 0 Å². The summed E-state index contributed by atoms with van der Waals surface area (Å²) < 4.78 is 2.01. The molecule has 2 aromatic heterocycles. The van der Waals surface area contributed by atoms with Crippen molar-refractivity contribution in [3.05, 3.63) is 36.3 Å². The third-order valence-electron chi connectivity index (χ3n) is 2.65. The largest absolute Gasteiger partial charge is 0.307 e. The molecule has 0 saturated heterocycles. The maximum absolute atomic E-state index is 8.77. The van der Waals surface area contributed by atoms with E-state index in [9.17, 15) is 0 Å². The van der Waals surface area contributed by atoms with Crippen molar-refractivity contribution >= 4 is 5.65 Å². The molecule has 0 aliphatic heterocycles. The lowest BCUT2D eigenvalue weighted by Gasteiger charge is -2.15. The fourth-order valence-electron chi connectivity index (χ4n) is 1.91. The van der Waals surface area contributed by atoms with Gasteiger partial charge in [0.05, 0.1) is 17.7 Å². The second-order valence-electron chi connectivity index (χ2n) is 4.43. The Labute approximate surface area is 101 Å². The smallest absolute Gasteiger partial charge is 0.137 e. The van der Waals surface area contributed by atoms with E-state index in [-0.39, 0.29) is 5.92 Å². The molecule has 2 aromatic rings. The molecule has 0 aliphatic carbocycles. The molecule has 0 fully saturated rings. The molecule has 2 heterocycles. The number of pyridine rings is 1. The molecule has 0 amide bonds. The Morgan fingerprint density at radius 3 is 3.06 bits per heavy atom. The Morgan fingerprint density at radius 1 is 1.53 bits per heavy atom. The number of nitrogens with zero attached hydrogens (tertiary/aromatic N) is 4. The van der Waals surface area contributed by atoms with Crippen LogP contribution in [0.15, 0.2) is 30.6 Å². The molecule has 2 rings (SSSR count). The van der Waals surface area contributed by atoms with Gasteiger partial charge in [0.15, 0.2) is 0 Å². The summed E-state index contributed by atoms with van der Waals surface area (Å²) in [5, 5.41) is 8.77. The van der Waals surface area contributed by atoms with Crippen LogP contribution in [0.1, 0.15) is 12.6 Å². The van der Waals surface area contributed by atoms with Crippen molar-refractivity contribution in [2.24, 2.45) is 5.92 Å². The third kappa shape index (κ3) is 2.83. The minimum Gasteiger partial charge on any atom is -0.307 e. The molecule has 0 N–H and O–H groups in total. The van der Waals surface area contributed by atoms with E-state index in [1.165, 1.54) is 0 Å². The van der Waals surface area contributed by atoms with Crippen LogP contribution in [0.3, 0.4) is 0 Å². The summed E-state index contributed by atoms with van der Waals surface area (Å²) in [5.41, 5.74) is 1.99. The standard InChI is InChI=1S/C13H16N4/c1-11(7-14)8-16(2)9-12-10-17-6-4-3-5-13(17)15-12/h3-6,10-11H,8-9H2,1-2H3. The topological polar surface area (TPSA) is 44.3 Å². The van der Waals surface area contributed by atoms with Gasteiger partial charge in [0, 0.05) is 25.5 Å². The normalized spacial score (nSPS) is 12.8. The Hall–Kier alpha value is -1.86. The highest BCUT2D eigenvalue weighted by atomic mass is 15.1. The van der Waals surface area contributed by atoms with Gasteiger partial charge in [0.1, 0.15) is 5.65 Å². The van der Waals surface area contributed by atoms with Crippen molar-refractivity contribution in [1.29, 1.82) is 5.26 Å². The molecule has 0 aromatic carbocycles. The predicted octanol–water partition coefficient (Wildman–Crippen LogP) is 1.93. The summed E-state index contributed by atoms with van der Waals surface area (Å²) in [6, 6.07) is 8.19. The summed E-state index contributed by atoms with van der Waals surface area (Å²) in [6.07, 6.45) is 4.02.